The molecule has 0 bridgehead atoms. The number of esters is 1. The molecule has 4 heteroatoms. The Hall–Kier alpha value is -1.39. The summed E-state index contributed by atoms with van der Waals surface area (Å²) in [6.45, 7) is 2.85. The summed E-state index contributed by atoms with van der Waals surface area (Å²) in [7, 11) is 3.61. The molecule has 1 aliphatic rings. The lowest BCUT2D eigenvalue weighted by Crippen LogP contribution is -2.42. The number of hydrogen-bond acceptors (Lipinski definition) is 4. The SMILES string of the molecule is COC(=O)c1ccccc1CNCC1CCCCN1C. The van der Waals surface area contributed by atoms with E-state index in [0.717, 1.165) is 12.1 Å². The van der Waals surface area contributed by atoms with Crippen molar-refractivity contribution in [3.8, 4) is 0 Å². The predicted molar refractivity (Wildman–Crippen MR) is 79.8 cm³/mol. The fourth-order valence-corrected chi connectivity index (χ4v) is 2.76. The average Bonchev–Trinajstić information content (AvgIpc) is 2.49. The first-order chi connectivity index (χ1) is 9.72. The lowest BCUT2D eigenvalue weighted by molar-refractivity contribution is 0.0599. The molecule has 2 rings (SSSR count). The number of likely N-dealkylation sites (N-methyl/N-ethyl adjacent to an activating group) is 1. The number of carbonyl (C=O) groups is 1. The Bertz CT molecular complexity index is 448. The maximum Gasteiger partial charge on any atom is 0.338 e. The Morgan fingerprint density at radius 3 is 2.95 bits per heavy atom. The van der Waals surface area contributed by atoms with E-state index in [1.807, 2.05) is 24.3 Å². The minimum Gasteiger partial charge on any atom is -0.465 e. The highest BCUT2D eigenvalue weighted by Gasteiger charge is 2.18. The predicted octanol–water partition coefficient (Wildman–Crippen LogP) is 2.05. The van der Waals surface area contributed by atoms with E-state index in [1.54, 1.807) is 0 Å². The average molecular weight is 276 g/mol. The lowest BCUT2D eigenvalue weighted by atomic mass is 10.0. The quantitative estimate of drug-likeness (QED) is 0.836. The van der Waals surface area contributed by atoms with Crippen molar-refractivity contribution in [1.82, 2.24) is 10.2 Å². The highest BCUT2D eigenvalue weighted by Crippen LogP contribution is 2.15. The summed E-state index contributed by atoms with van der Waals surface area (Å²) >= 11 is 0. The molecule has 1 aromatic rings. The summed E-state index contributed by atoms with van der Waals surface area (Å²) < 4.78 is 4.82. The van der Waals surface area contributed by atoms with Crippen molar-refractivity contribution >= 4 is 5.97 Å². The Kier molecular flexibility index (Phi) is 5.56. The van der Waals surface area contributed by atoms with Crippen molar-refractivity contribution in [2.45, 2.75) is 31.8 Å². The molecule has 0 aliphatic carbocycles. The van der Waals surface area contributed by atoms with Crippen LogP contribution >= 0.6 is 0 Å². The molecule has 0 saturated carbocycles. The maximum absolute atomic E-state index is 11.7. The van der Waals surface area contributed by atoms with Crippen LogP contribution in [0.5, 0.6) is 0 Å². The van der Waals surface area contributed by atoms with E-state index in [1.165, 1.54) is 32.9 Å². The Morgan fingerprint density at radius 1 is 1.40 bits per heavy atom. The van der Waals surface area contributed by atoms with Gasteiger partial charge in [0.15, 0.2) is 0 Å². The molecule has 1 N–H and O–H groups in total. The first kappa shape index (κ1) is 15.0. The van der Waals surface area contributed by atoms with E-state index >= 15 is 0 Å². The molecule has 0 spiro atoms. The number of ether oxygens (including phenoxy) is 1. The van der Waals surface area contributed by atoms with Crippen LogP contribution in [0.3, 0.4) is 0 Å². The van der Waals surface area contributed by atoms with Crippen LogP contribution in [0.25, 0.3) is 0 Å². The second-order valence-electron chi connectivity index (χ2n) is 5.41. The van der Waals surface area contributed by atoms with Gasteiger partial charge in [0, 0.05) is 19.1 Å². The molecule has 110 valence electrons. The van der Waals surface area contributed by atoms with Gasteiger partial charge in [-0.25, -0.2) is 4.79 Å². The summed E-state index contributed by atoms with van der Waals surface area (Å²) in [5, 5.41) is 3.47. The lowest BCUT2D eigenvalue weighted by Gasteiger charge is -2.32. The van der Waals surface area contributed by atoms with Gasteiger partial charge in [0.25, 0.3) is 0 Å². The zero-order chi connectivity index (χ0) is 14.4. The number of rotatable bonds is 5. The molecule has 1 aromatic carbocycles. The van der Waals surface area contributed by atoms with Gasteiger partial charge in [-0.3, -0.25) is 0 Å². The highest BCUT2D eigenvalue weighted by molar-refractivity contribution is 5.90. The molecule has 1 unspecified atom stereocenters. The van der Waals surface area contributed by atoms with Gasteiger partial charge in [0.2, 0.25) is 0 Å². The van der Waals surface area contributed by atoms with Crippen LogP contribution < -0.4 is 5.32 Å². The summed E-state index contributed by atoms with van der Waals surface area (Å²) in [5.41, 5.74) is 1.65. The van der Waals surface area contributed by atoms with Crippen molar-refractivity contribution in [1.29, 1.82) is 0 Å². The van der Waals surface area contributed by atoms with Gasteiger partial charge >= 0.3 is 5.97 Å². The third kappa shape index (κ3) is 3.81. The van der Waals surface area contributed by atoms with Gasteiger partial charge in [-0.2, -0.15) is 0 Å². The van der Waals surface area contributed by atoms with Crippen LogP contribution in [0.15, 0.2) is 24.3 Å². The van der Waals surface area contributed by atoms with Crippen LogP contribution in [0.2, 0.25) is 0 Å². The third-order valence-corrected chi connectivity index (χ3v) is 4.04. The zero-order valence-corrected chi connectivity index (χ0v) is 12.4. The molecular weight excluding hydrogens is 252 g/mol. The van der Waals surface area contributed by atoms with Crippen LogP contribution in [0.4, 0.5) is 0 Å². The van der Waals surface area contributed by atoms with E-state index < -0.39 is 0 Å². The van der Waals surface area contributed by atoms with E-state index in [2.05, 4.69) is 17.3 Å². The summed E-state index contributed by atoms with van der Waals surface area (Å²) in [6.07, 6.45) is 3.87. The normalized spacial score (nSPS) is 19.8. The number of carbonyl (C=O) groups excluding carboxylic acids is 1. The fourth-order valence-electron chi connectivity index (χ4n) is 2.76. The van der Waals surface area contributed by atoms with Crippen molar-refractivity contribution in [2.75, 3.05) is 27.2 Å². The molecule has 4 nitrogen and oxygen atoms in total. The molecule has 1 aliphatic heterocycles. The van der Waals surface area contributed by atoms with Crippen molar-refractivity contribution in [2.24, 2.45) is 0 Å². The molecule has 1 saturated heterocycles. The Labute approximate surface area is 121 Å². The molecule has 1 fully saturated rings. The summed E-state index contributed by atoms with van der Waals surface area (Å²) in [5.74, 6) is -0.266. The van der Waals surface area contributed by atoms with Gasteiger partial charge in [-0.15, -0.1) is 0 Å². The monoisotopic (exact) mass is 276 g/mol. The second-order valence-corrected chi connectivity index (χ2v) is 5.41. The molecule has 0 amide bonds. The number of nitrogens with zero attached hydrogens (tertiary/aromatic N) is 1. The number of piperidine rings is 1. The van der Waals surface area contributed by atoms with Gasteiger partial charge in [0.05, 0.1) is 12.7 Å². The Balaban J connectivity index is 1.89. The molecule has 1 heterocycles. The van der Waals surface area contributed by atoms with Gasteiger partial charge in [0.1, 0.15) is 0 Å². The highest BCUT2D eigenvalue weighted by atomic mass is 16.5. The largest absolute Gasteiger partial charge is 0.465 e. The van der Waals surface area contributed by atoms with Crippen LogP contribution in [0, 0.1) is 0 Å². The van der Waals surface area contributed by atoms with Crippen LogP contribution in [-0.2, 0) is 11.3 Å². The molecular formula is C16H24N2O2. The number of methoxy groups -OCH3 is 1. The minimum absolute atomic E-state index is 0.266. The number of nitrogens with one attached hydrogen (secondary N) is 1. The van der Waals surface area contributed by atoms with Gasteiger partial charge in [-0.05, 0) is 38.1 Å². The Morgan fingerprint density at radius 2 is 2.20 bits per heavy atom. The van der Waals surface area contributed by atoms with Crippen LogP contribution in [0.1, 0.15) is 35.2 Å². The van der Waals surface area contributed by atoms with Crippen molar-refractivity contribution in [3.63, 3.8) is 0 Å². The summed E-state index contributed by atoms with van der Waals surface area (Å²) in [6, 6.07) is 8.22. The number of likely N-dealkylation sites (tertiary alicyclic amines) is 1. The first-order valence-corrected chi connectivity index (χ1v) is 7.29. The zero-order valence-electron chi connectivity index (χ0n) is 12.4. The maximum atomic E-state index is 11.7. The van der Waals surface area contributed by atoms with Crippen molar-refractivity contribution in [3.05, 3.63) is 35.4 Å². The molecule has 0 radical (unpaired) electrons. The van der Waals surface area contributed by atoms with Crippen molar-refractivity contribution < 1.29 is 9.53 Å². The molecule has 20 heavy (non-hydrogen) atoms. The second kappa shape index (κ2) is 7.41. The smallest absolute Gasteiger partial charge is 0.338 e. The topological polar surface area (TPSA) is 41.6 Å². The van der Waals surface area contributed by atoms with E-state index in [-0.39, 0.29) is 5.97 Å². The van der Waals surface area contributed by atoms with Gasteiger partial charge < -0.3 is 15.0 Å². The standard InChI is InChI=1S/C16H24N2O2/c1-18-10-6-5-8-14(18)12-17-11-13-7-3-4-9-15(13)16(19)20-2/h3-4,7,9,14,17H,5-6,8,10-12H2,1-2H3. The molecule has 1 atom stereocenters. The first-order valence-electron chi connectivity index (χ1n) is 7.29. The number of benzene rings is 1. The summed E-state index contributed by atoms with van der Waals surface area (Å²) in [4.78, 5) is 14.1. The van der Waals surface area contributed by atoms with E-state index in [0.29, 0.717) is 18.2 Å². The van der Waals surface area contributed by atoms with Gasteiger partial charge in [-0.1, -0.05) is 24.6 Å². The fraction of sp³-hybridized carbons (Fsp3) is 0.562. The number of hydrogen-bond donors (Lipinski definition) is 1. The molecule has 0 aromatic heterocycles. The minimum atomic E-state index is -0.266. The third-order valence-electron chi connectivity index (χ3n) is 4.04. The van der Waals surface area contributed by atoms with E-state index in [9.17, 15) is 4.79 Å². The van der Waals surface area contributed by atoms with E-state index in [4.69, 9.17) is 4.74 Å². The van der Waals surface area contributed by atoms with Crippen LogP contribution in [-0.4, -0.2) is 44.2 Å².